The Morgan fingerprint density at radius 2 is 1.82 bits per heavy atom. The van der Waals surface area contributed by atoms with Crippen LogP contribution in [-0.2, 0) is 4.74 Å². The van der Waals surface area contributed by atoms with Gasteiger partial charge in [-0.15, -0.1) is 6.58 Å². The topological polar surface area (TPSA) is 26.3 Å². The minimum Gasteiger partial charge on any atom is -0.459 e. The van der Waals surface area contributed by atoms with Crippen LogP contribution in [0.1, 0.15) is 68.1 Å². The number of carbonyl (C=O) groups is 1. The number of unbranched alkanes of at least 4 members (excludes halogenated alkanes) is 1. The van der Waals surface area contributed by atoms with Crippen molar-refractivity contribution >= 4 is 14.8 Å². The third-order valence-electron chi connectivity index (χ3n) is 6.45. The Bertz CT molecular complexity index is 663. The van der Waals surface area contributed by atoms with Crippen LogP contribution in [0.25, 0.3) is 0 Å². The van der Waals surface area contributed by atoms with E-state index in [1.807, 2.05) is 6.08 Å². The number of hydrogen-bond acceptors (Lipinski definition) is 2. The molecule has 5 heteroatoms. The van der Waals surface area contributed by atoms with Crippen molar-refractivity contribution in [3.63, 3.8) is 0 Å². The second-order valence-corrected chi connectivity index (χ2v) is 11.5. The largest absolute Gasteiger partial charge is 0.459 e. The Hall–Kier alpha value is -1.49. The summed E-state index contributed by atoms with van der Waals surface area (Å²) in [5.41, 5.74) is 1.01. The summed E-state index contributed by atoms with van der Waals surface area (Å²) < 4.78 is 31.9. The minimum atomic E-state index is -1.01. The summed E-state index contributed by atoms with van der Waals surface area (Å²) in [6, 6.07) is 5.58. The highest BCUT2D eigenvalue weighted by molar-refractivity contribution is 6.60. The lowest BCUT2D eigenvalue weighted by Gasteiger charge is -2.36. The molecule has 1 aliphatic heterocycles. The second-order valence-electron chi connectivity index (χ2n) is 8.33. The van der Waals surface area contributed by atoms with Gasteiger partial charge in [-0.1, -0.05) is 50.3 Å². The lowest BCUT2D eigenvalue weighted by atomic mass is 9.85. The van der Waals surface area contributed by atoms with Crippen molar-refractivity contribution in [2.75, 3.05) is 0 Å². The van der Waals surface area contributed by atoms with Crippen molar-refractivity contribution in [2.45, 2.75) is 81.5 Å². The molecule has 1 aliphatic carbocycles. The van der Waals surface area contributed by atoms with Gasteiger partial charge in [-0.2, -0.15) is 0 Å². The fourth-order valence-corrected chi connectivity index (χ4v) is 8.34. The lowest BCUT2D eigenvalue weighted by Crippen LogP contribution is -2.33. The van der Waals surface area contributed by atoms with Crippen molar-refractivity contribution in [3.05, 3.63) is 48.1 Å². The molecule has 0 unspecified atom stereocenters. The van der Waals surface area contributed by atoms with E-state index in [0.29, 0.717) is 0 Å². The molecule has 1 saturated heterocycles. The maximum atomic E-state index is 13.3. The van der Waals surface area contributed by atoms with Gasteiger partial charge >= 0.3 is 5.97 Å². The normalized spacial score (nSPS) is 24.1. The van der Waals surface area contributed by atoms with E-state index < -0.39 is 17.6 Å². The molecule has 0 amide bonds. The molecule has 1 saturated carbocycles. The molecule has 1 aromatic rings. The highest BCUT2D eigenvalue weighted by Gasteiger charge is 2.33. The van der Waals surface area contributed by atoms with Crippen LogP contribution >= 0.6 is 0 Å². The average molecular weight is 406 g/mol. The van der Waals surface area contributed by atoms with Gasteiger partial charge in [-0.05, 0) is 55.3 Å². The molecular weight excluding hydrogens is 374 g/mol. The van der Waals surface area contributed by atoms with Crippen LogP contribution in [0.2, 0.25) is 17.6 Å². The molecular formula is C23H31F2O2Si. The number of carbonyl (C=O) groups excluding carboxylic acids is 1. The van der Waals surface area contributed by atoms with Crippen LogP contribution in [0.15, 0.2) is 30.9 Å². The van der Waals surface area contributed by atoms with Gasteiger partial charge in [0, 0.05) is 0 Å². The number of allylic oxidation sites excluding steroid dienone is 1. The van der Waals surface area contributed by atoms with Crippen LogP contribution in [-0.4, -0.2) is 20.9 Å². The molecule has 2 fully saturated rings. The van der Waals surface area contributed by atoms with Crippen molar-refractivity contribution < 1.29 is 18.3 Å². The molecule has 1 aromatic carbocycles. The Morgan fingerprint density at radius 1 is 1.11 bits per heavy atom. The summed E-state index contributed by atoms with van der Waals surface area (Å²) in [6.45, 7) is 3.81. The third-order valence-corrected chi connectivity index (χ3v) is 10.0. The molecule has 0 atom stereocenters. The predicted molar refractivity (Wildman–Crippen MR) is 110 cm³/mol. The zero-order chi connectivity index (χ0) is 19.9. The summed E-state index contributed by atoms with van der Waals surface area (Å²) in [5, 5.41) is 0. The first kappa shape index (κ1) is 21.2. The van der Waals surface area contributed by atoms with Crippen molar-refractivity contribution in [1.29, 1.82) is 0 Å². The molecule has 3 rings (SSSR count). The molecule has 2 aliphatic rings. The summed E-state index contributed by atoms with van der Waals surface area (Å²) in [6.07, 6.45) is 13.1. The van der Waals surface area contributed by atoms with Crippen molar-refractivity contribution in [2.24, 2.45) is 5.92 Å². The molecule has 0 bridgehead atoms. The Labute approximate surface area is 169 Å². The number of esters is 1. The van der Waals surface area contributed by atoms with E-state index in [2.05, 4.69) is 6.58 Å². The first-order valence-electron chi connectivity index (χ1n) is 10.7. The molecule has 0 spiro atoms. The SMILES string of the molecule is C=CCCCC1CCC([Si]2CCC(OC(=O)c3ccc(F)c(F)c3)CC2)CC1. The van der Waals surface area contributed by atoms with Gasteiger partial charge in [0.15, 0.2) is 11.6 Å². The average Bonchev–Trinajstić information content (AvgIpc) is 2.71. The zero-order valence-electron chi connectivity index (χ0n) is 16.6. The van der Waals surface area contributed by atoms with Gasteiger partial charge in [0.05, 0.1) is 14.4 Å². The minimum absolute atomic E-state index is 0.0791. The third kappa shape index (κ3) is 5.76. The van der Waals surface area contributed by atoms with Gasteiger partial charge in [0.25, 0.3) is 0 Å². The van der Waals surface area contributed by atoms with Crippen LogP contribution < -0.4 is 0 Å². The summed E-state index contributed by atoms with van der Waals surface area (Å²) in [7, 11) is -0.357. The maximum absolute atomic E-state index is 13.3. The smallest absolute Gasteiger partial charge is 0.338 e. The van der Waals surface area contributed by atoms with E-state index in [1.54, 1.807) is 0 Å². The number of rotatable bonds is 7. The fourth-order valence-electron chi connectivity index (χ4n) is 4.74. The fraction of sp³-hybridized carbons (Fsp3) is 0.609. The second kappa shape index (κ2) is 10.3. The van der Waals surface area contributed by atoms with Crippen LogP contribution in [0.4, 0.5) is 8.78 Å². The molecule has 1 heterocycles. The molecule has 0 aromatic heterocycles. The number of benzene rings is 1. The van der Waals surface area contributed by atoms with E-state index in [4.69, 9.17) is 4.74 Å². The standard InChI is InChI=1S/C23H31F2O2Si/c1-2-3-4-5-17-6-9-20(10-7-17)28-14-12-19(13-15-28)27-23(26)18-8-11-21(24)22(25)16-18/h2,8,11,16-17,19-20H,1,3-7,9-10,12-15H2. The summed E-state index contributed by atoms with van der Waals surface area (Å²) in [4.78, 5) is 12.2. The van der Waals surface area contributed by atoms with E-state index in [-0.39, 0.29) is 20.5 Å². The van der Waals surface area contributed by atoms with E-state index >= 15 is 0 Å². The van der Waals surface area contributed by atoms with Crippen LogP contribution in [0, 0.1) is 17.6 Å². The van der Waals surface area contributed by atoms with Crippen LogP contribution in [0.5, 0.6) is 0 Å². The first-order chi connectivity index (χ1) is 13.6. The van der Waals surface area contributed by atoms with E-state index in [0.717, 1.165) is 42.9 Å². The van der Waals surface area contributed by atoms with E-state index in [9.17, 15) is 13.6 Å². The highest BCUT2D eigenvalue weighted by Crippen LogP contribution is 2.41. The summed E-state index contributed by atoms with van der Waals surface area (Å²) in [5.74, 6) is -1.59. The monoisotopic (exact) mass is 405 g/mol. The van der Waals surface area contributed by atoms with Gasteiger partial charge in [-0.3, -0.25) is 0 Å². The Morgan fingerprint density at radius 3 is 2.46 bits per heavy atom. The lowest BCUT2D eigenvalue weighted by molar-refractivity contribution is 0.0272. The number of hydrogen-bond donors (Lipinski definition) is 0. The molecule has 1 radical (unpaired) electrons. The Kier molecular flexibility index (Phi) is 7.83. The molecule has 2 nitrogen and oxygen atoms in total. The maximum Gasteiger partial charge on any atom is 0.338 e. The number of ether oxygens (including phenoxy) is 1. The van der Waals surface area contributed by atoms with Gasteiger partial charge < -0.3 is 4.74 Å². The summed E-state index contributed by atoms with van der Waals surface area (Å²) >= 11 is 0. The molecule has 0 N–H and O–H groups in total. The van der Waals surface area contributed by atoms with Crippen LogP contribution in [0.3, 0.4) is 0 Å². The predicted octanol–water partition coefficient (Wildman–Crippen LogP) is 6.70. The number of halogens is 2. The van der Waals surface area contributed by atoms with Crippen molar-refractivity contribution in [1.82, 2.24) is 0 Å². The Balaban J connectivity index is 1.39. The highest BCUT2D eigenvalue weighted by atomic mass is 28.3. The van der Waals surface area contributed by atoms with E-state index in [1.165, 1.54) is 56.7 Å². The van der Waals surface area contributed by atoms with Gasteiger partial charge in [-0.25, -0.2) is 13.6 Å². The molecule has 153 valence electrons. The quantitative estimate of drug-likeness (QED) is 0.218. The molecule has 28 heavy (non-hydrogen) atoms. The van der Waals surface area contributed by atoms with Gasteiger partial charge in [0.1, 0.15) is 6.10 Å². The van der Waals surface area contributed by atoms with Gasteiger partial charge in [0.2, 0.25) is 0 Å². The van der Waals surface area contributed by atoms with Crippen molar-refractivity contribution in [3.8, 4) is 0 Å². The zero-order valence-corrected chi connectivity index (χ0v) is 17.6. The first-order valence-corrected chi connectivity index (χ1v) is 12.7.